The quantitative estimate of drug-likeness (QED) is 0.164. The van der Waals surface area contributed by atoms with E-state index in [0.29, 0.717) is 10.3 Å². The SMILES string of the molecule is O=C(Cc1cccc2ccccc12)Nc1nnc(CCCCc2nnc(NC(=O)Cc3cccc4ccccc34)s2)s1. The Kier molecular flexibility index (Phi) is 8.53. The van der Waals surface area contributed by atoms with Crippen LogP contribution >= 0.6 is 22.7 Å². The van der Waals surface area contributed by atoms with Gasteiger partial charge in [-0.1, -0.05) is 108 Å². The lowest BCUT2D eigenvalue weighted by molar-refractivity contribution is -0.116. The number of nitrogens with one attached hydrogen (secondary N) is 2. The summed E-state index contributed by atoms with van der Waals surface area (Å²) in [7, 11) is 0. The lowest BCUT2D eigenvalue weighted by Crippen LogP contribution is -2.14. The van der Waals surface area contributed by atoms with Crippen molar-refractivity contribution < 1.29 is 9.59 Å². The van der Waals surface area contributed by atoms with Crippen LogP contribution in [0.4, 0.5) is 10.3 Å². The third-order valence-corrected chi connectivity index (χ3v) is 8.72. The highest BCUT2D eigenvalue weighted by atomic mass is 32.1. The van der Waals surface area contributed by atoms with Gasteiger partial charge >= 0.3 is 0 Å². The first-order chi connectivity index (χ1) is 20.6. The minimum atomic E-state index is -0.106. The highest BCUT2D eigenvalue weighted by molar-refractivity contribution is 7.15. The van der Waals surface area contributed by atoms with Gasteiger partial charge < -0.3 is 10.6 Å². The summed E-state index contributed by atoms with van der Waals surface area (Å²) in [4.78, 5) is 25.3. The molecule has 2 aromatic heterocycles. The van der Waals surface area contributed by atoms with E-state index in [1.165, 1.54) is 22.7 Å². The lowest BCUT2D eigenvalue weighted by Gasteiger charge is -2.06. The molecule has 8 nitrogen and oxygen atoms in total. The van der Waals surface area contributed by atoms with E-state index < -0.39 is 0 Å². The Morgan fingerprint density at radius 2 is 0.976 bits per heavy atom. The first kappa shape index (κ1) is 27.6. The van der Waals surface area contributed by atoms with E-state index in [1.54, 1.807) is 0 Å². The lowest BCUT2D eigenvalue weighted by atomic mass is 10.0. The van der Waals surface area contributed by atoms with Crippen molar-refractivity contribution in [3.63, 3.8) is 0 Å². The molecule has 0 aliphatic carbocycles. The van der Waals surface area contributed by atoms with E-state index in [9.17, 15) is 9.59 Å². The van der Waals surface area contributed by atoms with Gasteiger partial charge in [-0.25, -0.2) is 0 Å². The highest BCUT2D eigenvalue weighted by Gasteiger charge is 2.13. The molecule has 2 amide bonds. The van der Waals surface area contributed by atoms with Crippen LogP contribution in [0.15, 0.2) is 84.9 Å². The van der Waals surface area contributed by atoms with Gasteiger partial charge in [-0.15, -0.1) is 20.4 Å². The average Bonchev–Trinajstić information content (AvgIpc) is 3.64. The van der Waals surface area contributed by atoms with Crippen LogP contribution in [-0.4, -0.2) is 32.2 Å². The maximum Gasteiger partial charge on any atom is 0.230 e. The zero-order valence-corrected chi connectivity index (χ0v) is 24.4. The molecular weight excluding hydrogens is 565 g/mol. The smallest absolute Gasteiger partial charge is 0.230 e. The van der Waals surface area contributed by atoms with Crippen LogP contribution in [0.25, 0.3) is 21.5 Å². The van der Waals surface area contributed by atoms with Gasteiger partial charge in [-0.2, -0.15) is 0 Å². The van der Waals surface area contributed by atoms with Crippen molar-refractivity contribution in [2.75, 3.05) is 10.6 Å². The number of aryl methyl sites for hydroxylation is 2. The van der Waals surface area contributed by atoms with E-state index in [4.69, 9.17) is 0 Å². The summed E-state index contributed by atoms with van der Waals surface area (Å²) >= 11 is 2.81. The Balaban J connectivity index is 0.936. The zero-order chi connectivity index (χ0) is 28.7. The Hall–Kier alpha value is -4.54. The molecule has 0 aliphatic heterocycles. The van der Waals surface area contributed by atoms with Crippen LogP contribution in [-0.2, 0) is 35.3 Å². The van der Waals surface area contributed by atoms with Crippen LogP contribution in [0.2, 0.25) is 0 Å². The van der Waals surface area contributed by atoms with Crippen molar-refractivity contribution in [1.29, 1.82) is 0 Å². The Morgan fingerprint density at radius 3 is 1.45 bits per heavy atom. The largest absolute Gasteiger partial charge is 0.300 e. The molecule has 10 heteroatoms. The number of amides is 2. The van der Waals surface area contributed by atoms with Crippen LogP contribution in [0, 0.1) is 0 Å². The fourth-order valence-electron chi connectivity index (χ4n) is 4.93. The van der Waals surface area contributed by atoms with Gasteiger partial charge in [-0.3, -0.25) is 9.59 Å². The fourth-order valence-corrected chi connectivity index (χ4v) is 6.52. The second kappa shape index (κ2) is 13.0. The number of fused-ring (bicyclic) bond motifs is 2. The monoisotopic (exact) mass is 592 g/mol. The van der Waals surface area contributed by atoms with Crippen molar-refractivity contribution in [2.24, 2.45) is 0 Å². The molecule has 0 spiro atoms. The molecule has 6 aromatic rings. The summed E-state index contributed by atoms with van der Waals surface area (Å²) in [5.41, 5.74) is 1.97. The molecule has 42 heavy (non-hydrogen) atoms. The molecule has 4 aromatic carbocycles. The van der Waals surface area contributed by atoms with Crippen molar-refractivity contribution in [1.82, 2.24) is 20.4 Å². The molecule has 0 saturated heterocycles. The van der Waals surface area contributed by atoms with Gasteiger partial charge in [-0.05, 0) is 45.5 Å². The zero-order valence-electron chi connectivity index (χ0n) is 22.7. The van der Waals surface area contributed by atoms with Crippen molar-refractivity contribution in [3.8, 4) is 0 Å². The van der Waals surface area contributed by atoms with Crippen LogP contribution in [0.1, 0.15) is 34.0 Å². The van der Waals surface area contributed by atoms with Gasteiger partial charge in [0, 0.05) is 12.8 Å². The number of unbranched alkanes of at least 4 members (excludes halogenated alkanes) is 1. The molecule has 210 valence electrons. The second-order valence-corrected chi connectivity index (χ2v) is 12.1. The van der Waals surface area contributed by atoms with E-state index >= 15 is 0 Å². The summed E-state index contributed by atoms with van der Waals surface area (Å²) < 4.78 is 0. The number of benzene rings is 4. The van der Waals surface area contributed by atoms with Crippen LogP contribution < -0.4 is 10.6 Å². The summed E-state index contributed by atoms with van der Waals surface area (Å²) in [6, 6.07) is 28.1. The maximum absolute atomic E-state index is 12.7. The predicted molar refractivity (Wildman–Crippen MR) is 169 cm³/mol. The molecule has 2 heterocycles. The van der Waals surface area contributed by atoms with Crippen LogP contribution in [0.3, 0.4) is 0 Å². The van der Waals surface area contributed by atoms with E-state index in [0.717, 1.165) is 68.4 Å². The summed E-state index contributed by atoms with van der Waals surface area (Å²) in [6.07, 6.45) is 3.91. The molecule has 2 N–H and O–H groups in total. The third-order valence-electron chi connectivity index (χ3n) is 6.92. The van der Waals surface area contributed by atoms with Crippen molar-refractivity contribution >= 4 is 66.3 Å². The Labute approximate surface area is 250 Å². The number of anilines is 2. The third kappa shape index (κ3) is 6.84. The number of hydrogen-bond acceptors (Lipinski definition) is 8. The molecule has 0 atom stereocenters. The first-order valence-corrected chi connectivity index (χ1v) is 15.4. The molecular formula is C32H28N6O2S2. The maximum atomic E-state index is 12.7. The number of hydrogen-bond donors (Lipinski definition) is 2. The van der Waals surface area contributed by atoms with Gasteiger partial charge in [0.1, 0.15) is 10.0 Å². The average molecular weight is 593 g/mol. The first-order valence-electron chi connectivity index (χ1n) is 13.8. The number of carbonyl (C=O) groups is 2. The number of carbonyl (C=O) groups excluding carboxylic acids is 2. The molecule has 6 rings (SSSR count). The number of rotatable bonds is 11. The van der Waals surface area contributed by atoms with Gasteiger partial charge in [0.2, 0.25) is 22.1 Å². The van der Waals surface area contributed by atoms with Gasteiger partial charge in [0.15, 0.2) is 0 Å². The molecule has 0 aliphatic rings. The molecule has 0 bridgehead atoms. The second-order valence-electron chi connectivity index (χ2n) is 9.94. The van der Waals surface area contributed by atoms with Crippen molar-refractivity contribution in [2.45, 2.75) is 38.5 Å². The Bertz CT molecular complexity index is 1720. The normalized spacial score (nSPS) is 11.1. The highest BCUT2D eigenvalue weighted by Crippen LogP contribution is 2.23. The van der Waals surface area contributed by atoms with Crippen molar-refractivity contribution in [3.05, 3.63) is 106 Å². The predicted octanol–water partition coefficient (Wildman–Crippen LogP) is 6.62. The molecule has 0 saturated carbocycles. The molecule has 0 unspecified atom stereocenters. The summed E-state index contributed by atoms with van der Waals surface area (Å²) in [5.74, 6) is -0.212. The van der Waals surface area contributed by atoms with Gasteiger partial charge in [0.25, 0.3) is 0 Å². The van der Waals surface area contributed by atoms with E-state index in [2.05, 4.69) is 31.0 Å². The molecule has 0 fully saturated rings. The topological polar surface area (TPSA) is 110 Å². The summed E-state index contributed by atoms with van der Waals surface area (Å²) in [6.45, 7) is 0. The fraction of sp³-hybridized carbons (Fsp3) is 0.188. The minimum absolute atomic E-state index is 0.106. The standard InChI is InChI=1S/C32H28N6O2S2/c39-27(19-23-13-7-11-21-9-1-3-15-25(21)23)33-31-37-35-29(41-31)17-5-6-18-30-36-38-32(42-30)34-28(40)20-24-14-8-12-22-10-2-4-16-26(22)24/h1-4,7-16H,5-6,17-20H2,(H,33,37,39)(H,34,38,40). The summed E-state index contributed by atoms with van der Waals surface area (Å²) in [5, 5.41) is 29.8. The number of aromatic nitrogens is 4. The minimum Gasteiger partial charge on any atom is -0.300 e. The Morgan fingerprint density at radius 1 is 0.548 bits per heavy atom. The van der Waals surface area contributed by atoms with Crippen LogP contribution in [0.5, 0.6) is 0 Å². The molecule has 0 radical (unpaired) electrons. The van der Waals surface area contributed by atoms with E-state index in [1.807, 2.05) is 84.9 Å². The van der Waals surface area contributed by atoms with E-state index in [-0.39, 0.29) is 24.7 Å². The van der Waals surface area contributed by atoms with Gasteiger partial charge in [0.05, 0.1) is 12.8 Å². The number of nitrogens with zero attached hydrogens (tertiary/aromatic N) is 4.